The van der Waals surface area contributed by atoms with Gasteiger partial charge in [0, 0.05) is 23.8 Å². The predicted molar refractivity (Wildman–Crippen MR) is 124 cm³/mol. The van der Waals surface area contributed by atoms with Gasteiger partial charge in [0.15, 0.2) is 5.11 Å². The fraction of sp³-hybridized carbons (Fsp3) is 0.391. The zero-order valence-corrected chi connectivity index (χ0v) is 18.6. The third-order valence-electron chi connectivity index (χ3n) is 5.59. The van der Waals surface area contributed by atoms with Crippen molar-refractivity contribution in [3.63, 3.8) is 0 Å². The Kier molecular flexibility index (Phi) is 7.94. The molecular weight excluding hydrogens is 420 g/mol. The quantitative estimate of drug-likeness (QED) is 0.552. The van der Waals surface area contributed by atoms with Crippen molar-refractivity contribution in [1.29, 1.82) is 0 Å². The van der Waals surface area contributed by atoms with Crippen LogP contribution in [0.2, 0.25) is 5.02 Å². The van der Waals surface area contributed by atoms with Crippen LogP contribution in [0.15, 0.2) is 48.5 Å². The molecule has 0 atom stereocenters. The Bertz CT molecular complexity index is 850. The molecule has 1 aliphatic rings. The van der Waals surface area contributed by atoms with Crippen molar-refractivity contribution in [3.8, 4) is 5.75 Å². The maximum atomic E-state index is 11.2. The number of carboxylic acid groups (broad SMARTS) is 1. The van der Waals surface area contributed by atoms with Crippen molar-refractivity contribution in [2.75, 3.05) is 19.0 Å². The molecule has 5 nitrogen and oxygen atoms in total. The first kappa shape index (κ1) is 22.4. The standard InChI is InChI=1S/C23H27ClN2O3S/c1-29-21-12-10-20(11-13-21)25-23(30)26(15-17-4-8-19(24)9-5-17)14-16-2-6-18(7-3-16)22(27)28/h4-5,8-13,16,18H,2-3,6-7,14-15H2,1H3,(H,25,30)(H,27,28). The zero-order chi connectivity index (χ0) is 21.5. The number of hydrogen-bond donors (Lipinski definition) is 2. The second-order valence-electron chi connectivity index (χ2n) is 7.72. The smallest absolute Gasteiger partial charge is 0.306 e. The number of anilines is 1. The molecule has 160 valence electrons. The van der Waals surface area contributed by atoms with Crippen molar-refractivity contribution in [2.45, 2.75) is 32.2 Å². The van der Waals surface area contributed by atoms with E-state index in [1.54, 1.807) is 7.11 Å². The van der Waals surface area contributed by atoms with Crippen molar-refractivity contribution in [3.05, 3.63) is 59.1 Å². The Morgan fingerprint density at radius 1 is 1.13 bits per heavy atom. The normalized spacial score (nSPS) is 18.5. The summed E-state index contributed by atoms with van der Waals surface area (Å²) in [6.07, 6.45) is 3.26. The minimum atomic E-state index is -0.678. The molecule has 0 aliphatic heterocycles. The summed E-state index contributed by atoms with van der Waals surface area (Å²) in [7, 11) is 1.64. The van der Waals surface area contributed by atoms with Crippen molar-refractivity contribution in [1.82, 2.24) is 4.90 Å². The number of benzene rings is 2. The Balaban J connectivity index is 1.68. The number of carbonyl (C=O) groups is 1. The number of nitrogens with zero attached hydrogens (tertiary/aromatic N) is 1. The highest BCUT2D eigenvalue weighted by atomic mass is 35.5. The number of halogens is 1. The first-order valence-electron chi connectivity index (χ1n) is 10.1. The molecule has 0 amide bonds. The molecule has 0 bridgehead atoms. The summed E-state index contributed by atoms with van der Waals surface area (Å²) in [5, 5.41) is 13.9. The Hall–Kier alpha value is -2.31. The van der Waals surface area contributed by atoms with Crippen molar-refractivity contribution in [2.24, 2.45) is 11.8 Å². The van der Waals surface area contributed by atoms with Gasteiger partial charge >= 0.3 is 5.97 Å². The number of carboxylic acids is 1. The van der Waals surface area contributed by atoms with Gasteiger partial charge in [-0.25, -0.2) is 0 Å². The van der Waals surface area contributed by atoms with E-state index in [1.165, 1.54) is 0 Å². The van der Waals surface area contributed by atoms with E-state index in [2.05, 4.69) is 10.2 Å². The summed E-state index contributed by atoms with van der Waals surface area (Å²) in [4.78, 5) is 13.4. The molecule has 30 heavy (non-hydrogen) atoms. The summed E-state index contributed by atoms with van der Waals surface area (Å²) < 4.78 is 5.21. The molecule has 0 aromatic heterocycles. The van der Waals surface area contributed by atoms with E-state index < -0.39 is 5.97 Å². The van der Waals surface area contributed by atoms with Gasteiger partial charge < -0.3 is 20.1 Å². The van der Waals surface area contributed by atoms with Crippen LogP contribution in [0.1, 0.15) is 31.2 Å². The minimum Gasteiger partial charge on any atom is -0.497 e. The third-order valence-corrected chi connectivity index (χ3v) is 6.20. The molecule has 0 heterocycles. The molecule has 1 aliphatic carbocycles. The van der Waals surface area contributed by atoms with Crippen LogP contribution in [-0.2, 0) is 11.3 Å². The molecule has 2 aromatic rings. The SMILES string of the molecule is COc1ccc(NC(=S)N(Cc2ccc(Cl)cc2)CC2CCC(C(=O)O)CC2)cc1. The lowest BCUT2D eigenvalue weighted by molar-refractivity contribution is -0.143. The Morgan fingerprint density at radius 2 is 1.77 bits per heavy atom. The van der Waals surface area contributed by atoms with E-state index >= 15 is 0 Å². The van der Waals surface area contributed by atoms with Crippen LogP contribution >= 0.6 is 23.8 Å². The van der Waals surface area contributed by atoms with Gasteiger partial charge in [-0.1, -0.05) is 23.7 Å². The van der Waals surface area contributed by atoms with Gasteiger partial charge in [-0.05, 0) is 85.8 Å². The van der Waals surface area contributed by atoms with Crippen LogP contribution in [0.25, 0.3) is 0 Å². The number of hydrogen-bond acceptors (Lipinski definition) is 3. The summed E-state index contributed by atoms with van der Waals surface area (Å²) in [6, 6.07) is 15.4. The fourth-order valence-corrected chi connectivity index (χ4v) is 4.19. The van der Waals surface area contributed by atoms with Gasteiger partial charge in [-0.3, -0.25) is 4.79 Å². The lowest BCUT2D eigenvalue weighted by Gasteiger charge is -2.33. The molecule has 3 rings (SSSR count). The predicted octanol–water partition coefficient (Wildman–Crippen LogP) is 5.44. The fourth-order valence-electron chi connectivity index (χ4n) is 3.81. The van der Waals surface area contributed by atoms with E-state index in [4.69, 9.17) is 28.6 Å². The van der Waals surface area contributed by atoms with E-state index in [-0.39, 0.29) is 5.92 Å². The van der Waals surface area contributed by atoms with E-state index in [0.717, 1.165) is 49.2 Å². The molecule has 1 saturated carbocycles. The largest absolute Gasteiger partial charge is 0.497 e. The first-order chi connectivity index (χ1) is 14.4. The number of methoxy groups -OCH3 is 1. The van der Waals surface area contributed by atoms with Gasteiger partial charge in [-0.2, -0.15) is 0 Å². The zero-order valence-electron chi connectivity index (χ0n) is 17.0. The van der Waals surface area contributed by atoms with Crippen molar-refractivity contribution >= 4 is 40.6 Å². The highest BCUT2D eigenvalue weighted by Gasteiger charge is 2.27. The molecular formula is C23H27ClN2O3S. The molecule has 0 unspecified atom stereocenters. The highest BCUT2D eigenvalue weighted by molar-refractivity contribution is 7.80. The average Bonchev–Trinajstić information content (AvgIpc) is 2.75. The van der Waals surface area contributed by atoms with E-state index in [0.29, 0.717) is 22.6 Å². The molecule has 2 aromatic carbocycles. The lowest BCUT2D eigenvalue weighted by Crippen LogP contribution is -2.39. The number of thiocarbonyl (C=S) groups is 1. The molecule has 0 spiro atoms. The van der Waals surface area contributed by atoms with Crippen LogP contribution < -0.4 is 10.1 Å². The summed E-state index contributed by atoms with van der Waals surface area (Å²) in [5.74, 6) is 0.321. The van der Waals surface area contributed by atoms with Gasteiger partial charge in [0.2, 0.25) is 0 Å². The second kappa shape index (κ2) is 10.6. The summed E-state index contributed by atoms with van der Waals surface area (Å²) >= 11 is 11.8. The third kappa shape index (κ3) is 6.34. The Labute approximate surface area is 188 Å². The minimum absolute atomic E-state index is 0.213. The van der Waals surface area contributed by atoms with E-state index in [1.807, 2.05) is 48.5 Å². The Morgan fingerprint density at radius 3 is 2.33 bits per heavy atom. The van der Waals surface area contributed by atoms with Crippen LogP contribution in [0.3, 0.4) is 0 Å². The number of nitrogens with one attached hydrogen (secondary N) is 1. The van der Waals surface area contributed by atoms with Crippen LogP contribution in [0.5, 0.6) is 5.75 Å². The highest BCUT2D eigenvalue weighted by Crippen LogP contribution is 2.30. The lowest BCUT2D eigenvalue weighted by atomic mass is 9.82. The molecule has 2 N–H and O–H groups in total. The maximum Gasteiger partial charge on any atom is 0.306 e. The summed E-state index contributed by atoms with van der Waals surface area (Å²) in [5.41, 5.74) is 2.02. The van der Waals surface area contributed by atoms with Gasteiger partial charge in [-0.15, -0.1) is 0 Å². The van der Waals surface area contributed by atoms with Crippen LogP contribution in [-0.4, -0.2) is 34.7 Å². The monoisotopic (exact) mass is 446 g/mol. The summed E-state index contributed by atoms with van der Waals surface area (Å²) in [6.45, 7) is 1.45. The van der Waals surface area contributed by atoms with Gasteiger partial charge in [0.05, 0.1) is 13.0 Å². The number of rotatable bonds is 7. The first-order valence-corrected chi connectivity index (χ1v) is 10.9. The number of ether oxygens (including phenoxy) is 1. The van der Waals surface area contributed by atoms with E-state index in [9.17, 15) is 9.90 Å². The molecule has 0 radical (unpaired) electrons. The van der Waals surface area contributed by atoms with Gasteiger partial charge in [0.25, 0.3) is 0 Å². The molecule has 0 saturated heterocycles. The second-order valence-corrected chi connectivity index (χ2v) is 8.54. The van der Waals surface area contributed by atoms with Crippen LogP contribution in [0.4, 0.5) is 5.69 Å². The van der Waals surface area contributed by atoms with Crippen LogP contribution in [0, 0.1) is 11.8 Å². The van der Waals surface area contributed by atoms with Crippen molar-refractivity contribution < 1.29 is 14.6 Å². The van der Waals surface area contributed by atoms with Gasteiger partial charge in [0.1, 0.15) is 5.75 Å². The molecule has 1 fully saturated rings. The topological polar surface area (TPSA) is 61.8 Å². The maximum absolute atomic E-state index is 11.2. The number of aliphatic carboxylic acids is 1. The average molecular weight is 447 g/mol. The molecule has 7 heteroatoms.